The first-order chi connectivity index (χ1) is 10.6. The van der Waals surface area contributed by atoms with Gasteiger partial charge in [-0.05, 0) is 38.0 Å². The summed E-state index contributed by atoms with van der Waals surface area (Å²) in [6.07, 6.45) is 2.10. The standard InChI is InChI=1S/C16H22N4O2/c1-11-10-17-7-8-20(11)15(21)12-3-2-4-14(9-12)19-16(22)18-13-5-6-13/h2-4,9,11,13,17H,5-8,10H2,1H3,(H2,18,19,22). The molecule has 0 aromatic heterocycles. The lowest BCUT2D eigenvalue weighted by Crippen LogP contribution is -2.52. The molecule has 1 saturated carbocycles. The van der Waals surface area contributed by atoms with Crippen molar-refractivity contribution in [3.63, 3.8) is 0 Å². The quantitative estimate of drug-likeness (QED) is 0.790. The summed E-state index contributed by atoms with van der Waals surface area (Å²) in [6.45, 7) is 4.38. The molecule has 6 nitrogen and oxygen atoms in total. The van der Waals surface area contributed by atoms with Crippen molar-refractivity contribution in [2.45, 2.75) is 31.8 Å². The normalized spacial score (nSPS) is 21.3. The molecular weight excluding hydrogens is 280 g/mol. The Morgan fingerprint density at radius 1 is 1.32 bits per heavy atom. The molecule has 1 atom stereocenters. The molecule has 3 rings (SSSR count). The van der Waals surface area contributed by atoms with E-state index < -0.39 is 0 Å². The lowest BCUT2D eigenvalue weighted by atomic mass is 10.1. The van der Waals surface area contributed by atoms with Gasteiger partial charge in [0.15, 0.2) is 0 Å². The molecule has 0 bridgehead atoms. The SMILES string of the molecule is CC1CNCCN1C(=O)c1cccc(NC(=O)NC2CC2)c1. The van der Waals surface area contributed by atoms with Crippen LogP contribution in [0.1, 0.15) is 30.1 Å². The average molecular weight is 302 g/mol. The lowest BCUT2D eigenvalue weighted by Gasteiger charge is -2.34. The molecule has 0 radical (unpaired) electrons. The van der Waals surface area contributed by atoms with E-state index in [9.17, 15) is 9.59 Å². The molecule has 1 heterocycles. The van der Waals surface area contributed by atoms with E-state index >= 15 is 0 Å². The van der Waals surface area contributed by atoms with Gasteiger partial charge in [-0.3, -0.25) is 4.79 Å². The predicted octanol–water partition coefficient (Wildman–Crippen LogP) is 1.40. The number of nitrogens with one attached hydrogen (secondary N) is 3. The number of rotatable bonds is 3. The highest BCUT2D eigenvalue weighted by molar-refractivity contribution is 5.97. The zero-order valence-electron chi connectivity index (χ0n) is 12.8. The van der Waals surface area contributed by atoms with Crippen molar-refractivity contribution in [2.24, 2.45) is 0 Å². The third-order valence-corrected chi connectivity index (χ3v) is 4.04. The molecule has 1 aromatic carbocycles. The van der Waals surface area contributed by atoms with Crippen LogP contribution in [0.15, 0.2) is 24.3 Å². The van der Waals surface area contributed by atoms with E-state index in [1.165, 1.54) is 0 Å². The minimum atomic E-state index is -0.206. The van der Waals surface area contributed by atoms with Crippen LogP contribution in [0, 0.1) is 0 Å². The van der Waals surface area contributed by atoms with E-state index in [0.717, 1.165) is 25.9 Å². The number of anilines is 1. The minimum absolute atomic E-state index is 0.0141. The fourth-order valence-corrected chi connectivity index (χ4v) is 2.62. The van der Waals surface area contributed by atoms with Crippen molar-refractivity contribution < 1.29 is 9.59 Å². The number of nitrogens with zero attached hydrogens (tertiary/aromatic N) is 1. The number of hydrogen-bond donors (Lipinski definition) is 3. The van der Waals surface area contributed by atoms with Gasteiger partial charge in [-0.1, -0.05) is 6.07 Å². The van der Waals surface area contributed by atoms with Gasteiger partial charge in [-0.25, -0.2) is 4.79 Å². The van der Waals surface area contributed by atoms with Gasteiger partial charge in [-0.2, -0.15) is 0 Å². The van der Waals surface area contributed by atoms with Gasteiger partial charge in [-0.15, -0.1) is 0 Å². The van der Waals surface area contributed by atoms with Gasteiger partial charge < -0.3 is 20.9 Å². The van der Waals surface area contributed by atoms with Gasteiger partial charge in [0, 0.05) is 43.0 Å². The van der Waals surface area contributed by atoms with Crippen LogP contribution in [0.2, 0.25) is 0 Å². The first-order valence-electron chi connectivity index (χ1n) is 7.83. The molecule has 2 fully saturated rings. The molecular formula is C16H22N4O2. The highest BCUT2D eigenvalue weighted by Crippen LogP contribution is 2.19. The Balaban J connectivity index is 1.66. The maximum absolute atomic E-state index is 12.6. The van der Waals surface area contributed by atoms with Gasteiger partial charge in [0.05, 0.1) is 0 Å². The van der Waals surface area contributed by atoms with E-state index in [1.54, 1.807) is 24.3 Å². The lowest BCUT2D eigenvalue weighted by molar-refractivity contribution is 0.0656. The number of urea groups is 1. The Morgan fingerprint density at radius 3 is 2.86 bits per heavy atom. The van der Waals surface area contributed by atoms with Crippen molar-refractivity contribution in [2.75, 3.05) is 25.0 Å². The fraction of sp³-hybridized carbons (Fsp3) is 0.500. The largest absolute Gasteiger partial charge is 0.335 e. The van der Waals surface area contributed by atoms with Crippen molar-refractivity contribution >= 4 is 17.6 Å². The molecule has 22 heavy (non-hydrogen) atoms. The van der Waals surface area contributed by atoms with Gasteiger partial charge in [0.25, 0.3) is 5.91 Å². The third-order valence-electron chi connectivity index (χ3n) is 4.04. The van der Waals surface area contributed by atoms with Gasteiger partial charge >= 0.3 is 6.03 Å². The van der Waals surface area contributed by atoms with Gasteiger partial charge in [0.2, 0.25) is 0 Å². The number of carbonyl (C=O) groups is 2. The summed E-state index contributed by atoms with van der Waals surface area (Å²) in [5.74, 6) is 0.0141. The number of hydrogen-bond acceptors (Lipinski definition) is 3. The molecule has 3 amide bonds. The van der Waals surface area contributed by atoms with E-state index in [0.29, 0.717) is 23.8 Å². The first-order valence-corrected chi connectivity index (χ1v) is 7.83. The molecule has 2 aliphatic rings. The zero-order valence-corrected chi connectivity index (χ0v) is 12.8. The Morgan fingerprint density at radius 2 is 2.14 bits per heavy atom. The molecule has 1 aromatic rings. The Bertz CT molecular complexity index is 571. The van der Waals surface area contributed by atoms with Crippen LogP contribution in [0.4, 0.5) is 10.5 Å². The van der Waals surface area contributed by atoms with Crippen molar-refractivity contribution in [3.8, 4) is 0 Å². The minimum Gasteiger partial charge on any atom is -0.335 e. The maximum Gasteiger partial charge on any atom is 0.319 e. The maximum atomic E-state index is 12.6. The van der Waals surface area contributed by atoms with E-state index in [1.807, 2.05) is 11.8 Å². The number of carbonyl (C=O) groups excluding carboxylic acids is 2. The zero-order chi connectivity index (χ0) is 15.5. The van der Waals surface area contributed by atoms with E-state index in [-0.39, 0.29) is 18.0 Å². The first kappa shape index (κ1) is 14.8. The number of amides is 3. The van der Waals surface area contributed by atoms with Crippen molar-refractivity contribution in [1.82, 2.24) is 15.5 Å². The van der Waals surface area contributed by atoms with Crippen LogP contribution in [-0.2, 0) is 0 Å². The summed E-state index contributed by atoms with van der Waals surface area (Å²) < 4.78 is 0. The highest BCUT2D eigenvalue weighted by Gasteiger charge is 2.25. The molecule has 0 spiro atoms. The molecule has 3 N–H and O–H groups in total. The molecule has 6 heteroatoms. The molecule has 1 unspecified atom stereocenters. The van der Waals surface area contributed by atoms with Crippen LogP contribution in [0.5, 0.6) is 0 Å². The molecule has 1 aliphatic carbocycles. The van der Waals surface area contributed by atoms with Crippen molar-refractivity contribution in [1.29, 1.82) is 0 Å². The third kappa shape index (κ3) is 3.57. The summed E-state index contributed by atoms with van der Waals surface area (Å²) in [5, 5.41) is 8.93. The topological polar surface area (TPSA) is 73.5 Å². The smallest absolute Gasteiger partial charge is 0.319 e. The fourth-order valence-electron chi connectivity index (χ4n) is 2.62. The molecule has 118 valence electrons. The second-order valence-electron chi connectivity index (χ2n) is 6.01. The Hall–Kier alpha value is -2.08. The van der Waals surface area contributed by atoms with Crippen LogP contribution >= 0.6 is 0 Å². The molecule has 1 saturated heterocycles. The summed E-state index contributed by atoms with van der Waals surface area (Å²) >= 11 is 0. The van der Waals surface area contributed by atoms with E-state index in [2.05, 4.69) is 16.0 Å². The van der Waals surface area contributed by atoms with Crippen molar-refractivity contribution in [3.05, 3.63) is 29.8 Å². The summed E-state index contributed by atoms with van der Waals surface area (Å²) in [5.41, 5.74) is 1.25. The van der Waals surface area contributed by atoms with Crippen LogP contribution < -0.4 is 16.0 Å². The Kier molecular flexibility index (Phi) is 4.29. The van der Waals surface area contributed by atoms with Crippen LogP contribution in [-0.4, -0.2) is 48.6 Å². The van der Waals surface area contributed by atoms with Crippen LogP contribution in [0.25, 0.3) is 0 Å². The monoisotopic (exact) mass is 302 g/mol. The summed E-state index contributed by atoms with van der Waals surface area (Å²) in [4.78, 5) is 26.3. The molecule has 1 aliphatic heterocycles. The summed E-state index contributed by atoms with van der Waals surface area (Å²) in [6, 6.07) is 7.41. The second-order valence-corrected chi connectivity index (χ2v) is 6.01. The predicted molar refractivity (Wildman–Crippen MR) is 85.0 cm³/mol. The Labute approximate surface area is 130 Å². The average Bonchev–Trinajstić information content (AvgIpc) is 3.31. The van der Waals surface area contributed by atoms with E-state index in [4.69, 9.17) is 0 Å². The van der Waals surface area contributed by atoms with Crippen LogP contribution in [0.3, 0.4) is 0 Å². The highest BCUT2D eigenvalue weighted by atomic mass is 16.2. The second kappa shape index (κ2) is 6.36. The summed E-state index contributed by atoms with van der Waals surface area (Å²) in [7, 11) is 0. The number of benzene rings is 1. The van der Waals surface area contributed by atoms with Gasteiger partial charge in [0.1, 0.15) is 0 Å². The number of piperazine rings is 1.